The van der Waals surface area contributed by atoms with Crippen LogP contribution in [0.3, 0.4) is 0 Å². The molecule has 0 saturated heterocycles. The van der Waals surface area contributed by atoms with Gasteiger partial charge >= 0.3 is 5.97 Å². The van der Waals surface area contributed by atoms with Crippen molar-refractivity contribution < 1.29 is 14.3 Å². The summed E-state index contributed by atoms with van der Waals surface area (Å²) >= 11 is 0. The van der Waals surface area contributed by atoms with E-state index in [0.29, 0.717) is 18.6 Å². The summed E-state index contributed by atoms with van der Waals surface area (Å²) < 4.78 is 5.19. The van der Waals surface area contributed by atoms with Crippen LogP contribution in [0, 0.1) is 0 Å². The molecule has 1 N–H and O–H groups in total. The van der Waals surface area contributed by atoms with Gasteiger partial charge in [-0.2, -0.15) is 0 Å². The average molecular weight is 352 g/mol. The second-order valence-electron chi connectivity index (χ2n) is 6.00. The molecule has 0 radical (unpaired) electrons. The first-order valence-electron chi connectivity index (χ1n) is 8.54. The molecule has 5 heteroatoms. The summed E-state index contributed by atoms with van der Waals surface area (Å²) in [5, 5.41) is 2.67. The number of carbonyl (C=O) groups excluding carboxylic acids is 2. The van der Waals surface area contributed by atoms with Gasteiger partial charge in [-0.3, -0.25) is 4.79 Å². The normalized spacial score (nSPS) is 11.0. The molecule has 0 heterocycles. The quantitative estimate of drug-likeness (QED) is 0.612. The Balaban J connectivity index is 2.25. The predicted molar refractivity (Wildman–Crippen MR) is 104 cm³/mol. The number of esters is 1. The maximum atomic E-state index is 12.4. The van der Waals surface area contributed by atoms with Gasteiger partial charge in [-0.15, -0.1) is 0 Å². The van der Waals surface area contributed by atoms with E-state index in [-0.39, 0.29) is 11.6 Å². The van der Waals surface area contributed by atoms with E-state index in [2.05, 4.69) is 5.32 Å². The molecule has 0 spiro atoms. The maximum Gasteiger partial charge on any atom is 0.354 e. The van der Waals surface area contributed by atoms with E-state index in [9.17, 15) is 9.59 Å². The third-order valence-corrected chi connectivity index (χ3v) is 3.66. The first-order valence-corrected chi connectivity index (χ1v) is 8.54. The summed E-state index contributed by atoms with van der Waals surface area (Å²) in [5.41, 5.74) is 2.44. The number of nitrogens with zero attached hydrogens (tertiary/aromatic N) is 1. The van der Waals surface area contributed by atoms with Crippen LogP contribution in [0.1, 0.15) is 29.3 Å². The minimum absolute atomic E-state index is 0.116. The fraction of sp³-hybridized carbons (Fsp3) is 0.238. The summed E-state index contributed by atoms with van der Waals surface area (Å²) in [6.45, 7) is 2.22. The zero-order valence-electron chi connectivity index (χ0n) is 15.4. The van der Waals surface area contributed by atoms with Gasteiger partial charge in [0.25, 0.3) is 5.91 Å². The van der Waals surface area contributed by atoms with Gasteiger partial charge < -0.3 is 15.0 Å². The van der Waals surface area contributed by atoms with Gasteiger partial charge in [-0.05, 0) is 42.3 Å². The van der Waals surface area contributed by atoms with E-state index in [1.54, 1.807) is 30.3 Å². The third kappa shape index (κ3) is 5.48. The van der Waals surface area contributed by atoms with Crippen LogP contribution >= 0.6 is 0 Å². The SMILES string of the molecule is CCCOC(=O)/C(=C\c1ccc(N(C)C)cc1)NC(=O)c1ccccc1. The Bertz CT molecular complexity index is 766. The minimum atomic E-state index is -0.548. The van der Waals surface area contributed by atoms with E-state index in [0.717, 1.165) is 11.3 Å². The lowest BCUT2D eigenvalue weighted by atomic mass is 10.1. The Labute approximate surface area is 154 Å². The fourth-order valence-corrected chi connectivity index (χ4v) is 2.24. The van der Waals surface area contributed by atoms with Gasteiger partial charge in [0.15, 0.2) is 0 Å². The molecule has 0 aliphatic heterocycles. The second-order valence-corrected chi connectivity index (χ2v) is 6.00. The van der Waals surface area contributed by atoms with E-state index in [1.165, 1.54) is 0 Å². The van der Waals surface area contributed by atoms with Crippen LogP contribution < -0.4 is 10.2 Å². The van der Waals surface area contributed by atoms with Crippen LogP contribution in [-0.4, -0.2) is 32.6 Å². The number of anilines is 1. The molecule has 5 nitrogen and oxygen atoms in total. The number of nitrogens with one attached hydrogen (secondary N) is 1. The topological polar surface area (TPSA) is 58.6 Å². The Kier molecular flexibility index (Phi) is 6.97. The molecule has 0 aliphatic rings. The van der Waals surface area contributed by atoms with Crippen molar-refractivity contribution in [1.82, 2.24) is 5.32 Å². The van der Waals surface area contributed by atoms with Crippen LogP contribution in [-0.2, 0) is 9.53 Å². The zero-order chi connectivity index (χ0) is 18.9. The highest BCUT2D eigenvalue weighted by molar-refractivity contribution is 6.03. The number of rotatable bonds is 7. The lowest BCUT2D eigenvalue weighted by Crippen LogP contribution is -2.28. The monoisotopic (exact) mass is 352 g/mol. The number of benzene rings is 2. The van der Waals surface area contributed by atoms with E-state index < -0.39 is 5.97 Å². The largest absolute Gasteiger partial charge is 0.461 e. The maximum absolute atomic E-state index is 12.4. The zero-order valence-corrected chi connectivity index (χ0v) is 15.4. The molecule has 0 aromatic heterocycles. The fourth-order valence-electron chi connectivity index (χ4n) is 2.24. The Hall–Kier alpha value is -3.08. The van der Waals surface area contributed by atoms with Crippen molar-refractivity contribution >= 4 is 23.6 Å². The number of hydrogen-bond acceptors (Lipinski definition) is 4. The minimum Gasteiger partial charge on any atom is -0.461 e. The van der Waals surface area contributed by atoms with Gasteiger partial charge in [0.2, 0.25) is 0 Å². The smallest absolute Gasteiger partial charge is 0.354 e. The van der Waals surface area contributed by atoms with Gasteiger partial charge in [0.05, 0.1) is 6.61 Å². The van der Waals surface area contributed by atoms with Crippen LogP contribution in [0.25, 0.3) is 6.08 Å². The molecular formula is C21H24N2O3. The van der Waals surface area contributed by atoms with Gasteiger partial charge in [0, 0.05) is 25.3 Å². The van der Waals surface area contributed by atoms with Crippen molar-refractivity contribution in [3.05, 3.63) is 71.4 Å². The average Bonchev–Trinajstić information content (AvgIpc) is 2.66. The molecule has 0 bridgehead atoms. The van der Waals surface area contributed by atoms with Crippen molar-refractivity contribution in [3.8, 4) is 0 Å². The molecule has 1 amide bonds. The number of amides is 1. The van der Waals surface area contributed by atoms with E-state index in [4.69, 9.17) is 4.74 Å². The van der Waals surface area contributed by atoms with Crippen LogP contribution in [0.2, 0.25) is 0 Å². The van der Waals surface area contributed by atoms with Crippen LogP contribution in [0.5, 0.6) is 0 Å². The van der Waals surface area contributed by atoms with Gasteiger partial charge in [-0.25, -0.2) is 4.79 Å². The highest BCUT2D eigenvalue weighted by atomic mass is 16.5. The molecule has 0 unspecified atom stereocenters. The van der Waals surface area contributed by atoms with Gasteiger partial charge in [-0.1, -0.05) is 37.3 Å². The highest BCUT2D eigenvalue weighted by Crippen LogP contribution is 2.15. The summed E-state index contributed by atoms with van der Waals surface area (Å²) in [6.07, 6.45) is 2.33. The van der Waals surface area contributed by atoms with Crippen molar-refractivity contribution in [1.29, 1.82) is 0 Å². The van der Waals surface area contributed by atoms with Gasteiger partial charge in [0.1, 0.15) is 5.70 Å². The Morgan fingerprint density at radius 2 is 1.69 bits per heavy atom. The lowest BCUT2D eigenvalue weighted by Gasteiger charge is -2.13. The molecular weight excluding hydrogens is 328 g/mol. The van der Waals surface area contributed by atoms with Crippen molar-refractivity contribution in [2.45, 2.75) is 13.3 Å². The lowest BCUT2D eigenvalue weighted by molar-refractivity contribution is -0.139. The van der Waals surface area contributed by atoms with Crippen LogP contribution in [0.4, 0.5) is 5.69 Å². The molecule has 0 saturated carbocycles. The predicted octanol–water partition coefficient (Wildman–Crippen LogP) is 3.48. The van der Waals surface area contributed by atoms with Crippen molar-refractivity contribution in [3.63, 3.8) is 0 Å². The number of ether oxygens (including phenoxy) is 1. The molecule has 136 valence electrons. The van der Waals surface area contributed by atoms with E-state index in [1.807, 2.05) is 56.3 Å². The summed E-state index contributed by atoms with van der Waals surface area (Å²) in [4.78, 5) is 26.7. The van der Waals surface area contributed by atoms with E-state index >= 15 is 0 Å². The summed E-state index contributed by atoms with van der Waals surface area (Å²) in [6, 6.07) is 16.4. The first kappa shape index (κ1) is 19.2. The molecule has 26 heavy (non-hydrogen) atoms. The number of hydrogen-bond donors (Lipinski definition) is 1. The summed E-state index contributed by atoms with van der Waals surface area (Å²) in [5.74, 6) is -0.900. The third-order valence-electron chi connectivity index (χ3n) is 3.66. The molecule has 0 atom stereocenters. The van der Waals surface area contributed by atoms with Crippen molar-refractivity contribution in [2.24, 2.45) is 0 Å². The molecule has 2 aromatic carbocycles. The number of carbonyl (C=O) groups is 2. The molecule has 0 fully saturated rings. The standard InChI is InChI=1S/C21H24N2O3/c1-4-14-26-21(25)19(22-20(24)17-8-6-5-7-9-17)15-16-10-12-18(13-11-16)23(2)3/h5-13,15H,4,14H2,1-3H3,(H,22,24)/b19-15+. The summed E-state index contributed by atoms with van der Waals surface area (Å²) in [7, 11) is 3.91. The molecule has 2 rings (SSSR count). The Morgan fingerprint density at radius 3 is 2.27 bits per heavy atom. The second kappa shape index (κ2) is 9.42. The van der Waals surface area contributed by atoms with Crippen LogP contribution in [0.15, 0.2) is 60.3 Å². The highest BCUT2D eigenvalue weighted by Gasteiger charge is 2.15. The Morgan fingerprint density at radius 1 is 1.04 bits per heavy atom. The van der Waals surface area contributed by atoms with Crippen molar-refractivity contribution in [2.75, 3.05) is 25.6 Å². The molecule has 2 aromatic rings. The first-order chi connectivity index (χ1) is 12.5. The molecule has 0 aliphatic carbocycles.